The molecule has 1 aromatic carbocycles. The van der Waals surface area contributed by atoms with Crippen molar-refractivity contribution in [1.29, 1.82) is 0 Å². The number of hydrogen-bond acceptors (Lipinski definition) is 6. The van der Waals surface area contributed by atoms with Gasteiger partial charge in [0.1, 0.15) is 17.4 Å². The van der Waals surface area contributed by atoms with Crippen LogP contribution in [0.25, 0.3) is 10.6 Å². The molecule has 0 bridgehead atoms. The number of methoxy groups -OCH3 is 1. The Morgan fingerprint density at radius 2 is 2.32 bits per heavy atom. The van der Waals surface area contributed by atoms with Crippen LogP contribution in [0.3, 0.4) is 0 Å². The Balaban J connectivity index is 2.16. The fraction of sp³-hybridized carbons (Fsp3) is 0.182. The third kappa shape index (κ3) is 3.24. The van der Waals surface area contributed by atoms with Gasteiger partial charge in [0.2, 0.25) is 5.13 Å². The van der Waals surface area contributed by atoms with Crippen LogP contribution in [0.15, 0.2) is 18.2 Å². The number of halogens is 1. The van der Waals surface area contributed by atoms with Crippen molar-refractivity contribution in [2.24, 2.45) is 0 Å². The largest absolute Gasteiger partial charge is 0.396 e. The van der Waals surface area contributed by atoms with E-state index in [-0.39, 0.29) is 18.2 Å². The number of aromatic nitrogens is 2. The minimum atomic E-state index is -0.484. The topological polar surface area (TPSA) is 90.1 Å². The summed E-state index contributed by atoms with van der Waals surface area (Å²) in [6, 6.07) is 4.28. The maximum Gasteiger partial charge on any atom is 0.252 e. The van der Waals surface area contributed by atoms with E-state index < -0.39 is 5.82 Å². The first-order valence-electron chi connectivity index (χ1n) is 5.28. The molecule has 2 rings (SSSR count). The zero-order valence-electron chi connectivity index (χ0n) is 10.0. The minimum absolute atomic E-state index is 0.0395. The zero-order chi connectivity index (χ0) is 13.8. The van der Waals surface area contributed by atoms with Crippen molar-refractivity contribution in [3.8, 4) is 10.6 Å². The van der Waals surface area contributed by atoms with Crippen molar-refractivity contribution < 1.29 is 13.9 Å². The molecule has 0 fully saturated rings. The van der Waals surface area contributed by atoms with E-state index in [4.69, 9.17) is 5.73 Å². The lowest BCUT2D eigenvalue weighted by Gasteiger charge is -1.99. The summed E-state index contributed by atoms with van der Waals surface area (Å²) in [7, 11) is 1.42. The lowest BCUT2D eigenvalue weighted by Crippen LogP contribution is -2.16. The lowest BCUT2D eigenvalue weighted by atomic mass is 10.2. The summed E-state index contributed by atoms with van der Waals surface area (Å²) in [6.07, 6.45) is 0. The highest BCUT2D eigenvalue weighted by Gasteiger charge is 2.10. The highest BCUT2D eigenvalue weighted by atomic mass is 32.1. The number of nitrogens with zero attached hydrogens (tertiary/aromatic N) is 2. The average Bonchev–Trinajstić information content (AvgIpc) is 2.81. The highest BCUT2D eigenvalue weighted by molar-refractivity contribution is 7.18. The first kappa shape index (κ1) is 13.4. The monoisotopic (exact) mass is 282 g/mol. The number of anilines is 2. The smallest absolute Gasteiger partial charge is 0.252 e. The van der Waals surface area contributed by atoms with Crippen LogP contribution in [0.5, 0.6) is 0 Å². The summed E-state index contributed by atoms with van der Waals surface area (Å²) in [5.74, 6) is -0.800. The first-order chi connectivity index (χ1) is 9.10. The molecule has 0 saturated carbocycles. The van der Waals surface area contributed by atoms with Crippen molar-refractivity contribution in [1.82, 2.24) is 10.2 Å². The number of nitrogens with one attached hydrogen (secondary N) is 1. The van der Waals surface area contributed by atoms with Gasteiger partial charge in [0.25, 0.3) is 5.91 Å². The molecule has 100 valence electrons. The van der Waals surface area contributed by atoms with Gasteiger partial charge in [-0.25, -0.2) is 4.39 Å². The Bertz CT molecular complexity index is 602. The molecule has 0 atom stereocenters. The number of rotatable bonds is 4. The summed E-state index contributed by atoms with van der Waals surface area (Å²) in [6.45, 7) is -0.0571. The Labute approximate surface area is 112 Å². The number of amides is 1. The van der Waals surface area contributed by atoms with Crippen molar-refractivity contribution in [3.63, 3.8) is 0 Å². The summed E-state index contributed by atoms with van der Waals surface area (Å²) in [4.78, 5) is 11.3. The second-order valence-electron chi connectivity index (χ2n) is 3.63. The molecule has 0 aliphatic heterocycles. The van der Waals surface area contributed by atoms with Gasteiger partial charge in [-0.05, 0) is 18.2 Å². The van der Waals surface area contributed by atoms with E-state index in [1.165, 1.54) is 30.6 Å². The molecule has 0 aliphatic carbocycles. The van der Waals surface area contributed by atoms with E-state index in [0.29, 0.717) is 15.7 Å². The normalized spacial score (nSPS) is 10.4. The Morgan fingerprint density at radius 1 is 1.53 bits per heavy atom. The Hall–Kier alpha value is -2.06. The fourth-order valence-electron chi connectivity index (χ4n) is 1.35. The molecule has 19 heavy (non-hydrogen) atoms. The fourth-order valence-corrected chi connectivity index (χ4v) is 2.11. The standard InChI is InChI=1S/C11H11FN4O2S/c1-18-5-9(17)14-11-16-15-10(19-11)6-2-3-7(12)8(13)4-6/h2-4H,5,13H2,1H3,(H,14,16,17). The molecule has 3 N–H and O–H groups in total. The molecule has 2 aromatic rings. The van der Waals surface area contributed by atoms with Crippen LogP contribution in [-0.2, 0) is 9.53 Å². The van der Waals surface area contributed by atoms with Gasteiger partial charge in [-0.3, -0.25) is 10.1 Å². The maximum atomic E-state index is 13.0. The SMILES string of the molecule is COCC(=O)Nc1nnc(-c2ccc(F)c(N)c2)s1. The molecule has 1 aromatic heterocycles. The number of hydrogen-bond donors (Lipinski definition) is 2. The third-order valence-electron chi connectivity index (χ3n) is 2.19. The molecular weight excluding hydrogens is 271 g/mol. The molecule has 0 unspecified atom stereocenters. The van der Waals surface area contributed by atoms with Crippen molar-refractivity contribution in [2.75, 3.05) is 24.8 Å². The van der Waals surface area contributed by atoms with Crippen LogP contribution in [0.4, 0.5) is 15.2 Å². The third-order valence-corrected chi connectivity index (χ3v) is 3.08. The van der Waals surface area contributed by atoms with Crippen LogP contribution in [0.1, 0.15) is 0 Å². The molecule has 8 heteroatoms. The lowest BCUT2D eigenvalue weighted by molar-refractivity contribution is -0.119. The molecule has 6 nitrogen and oxygen atoms in total. The summed E-state index contributed by atoms with van der Waals surface area (Å²) >= 11 is 1.17. The Morgan fingerprint density at radius 3 is 3.00 bits per heavy atom. The quantitative estimate of drug-likeness (QED) is 0.830. The summed E-state index contributed by atoms with van der Waals surface area (Å²) in [5, 5.41) is 11.1. The van der Waals surface area contributed by atoms with Crippen molar-refractivity contribution in [3.05, 3.63) is 24.0 Å². The molecule has 0 spiro atoms. The van der Waals surface area contributed by atoms with E-state index in [2.05, 4.69) is 20.3 Å². The van der Waals surface area contributed by atoms with Gasteiger partial charge in [0.15, 0.2) is 0 Å². The van der Waals surface area contributed by atoms with Gasteiger partial charge in [-0.15, -0.1) is 10.2 Å². The van der Waals surface area contributed by atoms with Crippen LogP contribution < -0.4 is 11.1 Å². The number of carbonyl (C=O) groups excluding carboxylic acids is 1. The minimum Gasteiger partial charge on any atom is -0.396 e. The van der Waals surface area contributed by atoms with Gasteiger partial charge in [-0.2, -0.15) is 0 Å². The van der Waals surface area contributed by atoms with Crippen molar-refractivity contribution in [2.45, 2.75) is 0 Å². The van der Waals surface area contributed by atoms with Crippen LogP contribution >= 0.6 is 11.3 Å². The predicted molar refractivity (Wildman–Crippen MR) is 70.2 cm³/mol. The molecule has 1 amide bonds. The number of carbonyl (C=O) groups is 1. The van der Waals surface area contributed by atoms with Crippen LogP contribution in [0, 0.1) is 5.82 Å². The van der Waals surface area contributed by atoms with Crippen LogP contribution in [0.2, 0.25) is 0 Å². The maximum absolute atomic E-state index is 13.0. The predicted octanol–water partition coefficient (Wildman–Crippen LogP) is 1.51. The van der Waals surface area contributed by atoms with Crippen LogP contribution in [-0.4, -0.2) is 29.8 Å². The molecular formula is C11H11FN4O2S. The molecule has 0 radical (unpaired) electrons. The van der Waals surface area contributed by atoms with Gasteiger partial charge < -0.3 is 10.5 Å². The van der Waals surface area contributed by atoms with E-state index in [1.54, 1.807) is 6.07 Å². The summed E-state index contributed by atoms with van der Waals surface area (Å²) in [5.41, 5.74) is 6.16. The average molecular weight is 282 g/mol. The second-order valence-corrected chi connectivity index (χ2v) is 4.61. The van der Waals surface area contributed by atoms with Gasteiger partial charge in [-0.1, -0.05) is 11.3 Å². The number of nitrogen functional groups attached to an aromatic ring is 1. The molecule has 1 heterocycles. The Kier molecular flexibility index (Phi) is 4.03. The van der Waals surface area contributed by atoms with Gasteiger partial charge in [0, 0.05) is 12.7 Å². The summed E-state index contributed by atoms with van der Waals surface area (Å²) < 4.78 is 17.7. The van der Waals surface area contributed by atoms with E-state index in [0.717, 1.165) is 0 Å². The second kappa shape index (κ2) is 5.72. The highest BCUT2D eigenvalue weighted by Crippen LogP contribution is 2.28. The number of benzene rings is 1. The van der Waals surface area contributed by atoms with E-state index >= 15 is 0 Å². The van der Waals surface area contributed by atoms with E-state index in [1.807, 2.05) is 0 Å². The number of nitrogens with two attached hydrogens (primary N) is 1. The molecule has 0 saturated heterocycles. The zero-order valence-corrected chi connectivity index (χ0v) is 10.8. The van der Waals surface area contributed by atoms with Gasteiger partial charge >= 0.3 is 0 Å². The van der Waals surface area contributed by atoms with E-state index in [9.17, 15) is 9.18 Å². The van der Waals surface area contributed by atoms with Crippen molar-refractivity contribution >= 4 is 28.1 Å². The molecule has 0 aliphatic rings. The van der Waals surface area contributed by atoms with Gasteiger partial charge in [0.05, 0.1) is 5.69 Å². The first-order valence-corrected chi connectivity index (χ1v) is 6.09. The number of ether oxygens (including phenoxy) is 1.